The number of benzene rings is 2. The molecule has 2 aromatic carbocycles. The van der Waals surface area contributed by atoms with Gasteiger partial charge in [-0.05, 0) is 29.7 Å². The van der Waals surface area contributed by atoms with Crippen LogP contribution < -0.4 is 0 Å². The quantitative estimate of drug-likeness (QED) is 0.612. The molecule has 3 aromatic rings. The Hall–Kier alpha value is -1.71. The van der Waals surface area contributed by atoms with Gasteiger partial charge in [0.25, 0.3) is 0 Å². The predicted molar refractivity (Wildman–Crippen MR) is 76.7 cm³/mol. The molecule has 0 bridgehead atoms. The lowest BCUT2D eigenvalue weighted by atomic mass is 10.0. The lowest BCUT2D eigenvalue weighted by molar-refractivity contribution is 0.104. The highest BCUT2D eigenvalue weighted by atomic mass is 35.5. The van der Waals surface area contributed by atoms with E-state index in [0.717, 1.165) is 0 Å². The van der Waals surface area contributed by atoms with Crippen molar-refractivity contribution in [2.24, 2.45) is 0 Å². The van der Waals surface area contributed by atoms with Gasteiger partial charge in [-0.25, -0.2) is 4.39 Å². The molecule has 0 spiro atoms. The van der Waals surface area contributed by atoms with E-state index >= 15 is 0 Å². The summed E-state index contributed by atoms with van der Waals surface area (Å²) >= 11 is 7.07. The molecule has 4 heteroatoms. The first-order valence-electron chi connectivity index (χ1n) is 5.64. The number of hydrogen-bond donors (Lipinski definition) is 0. The van der Waals surface area contributed by atoms with Crippen molar-refractivity contribution in [3.63, 3.8) is 0 Å². The van der Waals surface area contributed by atoms with Gasteiger partial charge in [0.1, 0.15) is 5.82 Å². The highest BCUT2D eigenvalue weighted by Crippen LogP contribution is 2.28. The Kier molecular flexibility index (Phi) is 3.09. The number of halogens is 2. The van der Waals surface area contributed by atoms with Crippen LogP contribution in [-0.4, -0.2) is 5.78 Å². The molecule has 0 fully saturated rings. The summed E-state index contributed by atoms with van der Waals surface area (Å²) in [5.41, 5.74) is 0.496. The molecule has 0 saturated carbocycles. The van der Waals surface area contributed by atoms with Gasteiger partial charge < -0.3 is 0 Å². The van der Waals surface area contributed by atoms with Crippen molar-refractivity contribution < 1.29 is 9.18 Å². The number of rotatable bonds is 2. The minimum absolute atomic E-state index is 0.131. The normalized spacial score (nSPS) is 10.8. The molecule has 1 heterocycles. The molecule has 3 rings (SSSR count). The van der Waals surface area contributed by atoms with E-state index in [-0.39, 0.29) is 11.6 Å². The van der Waals surface area contributed by atoms with E-state index in [0.29, 0.717) is 25.5 Å². The Bertz CT molecular complexity index is 779. The summed E-state index contributed by atoms with van der Waals surface area (Å²) in [6.45, 7) is 0. The first kappa shape index (κ1) is 12.3. The van der Waals surface area contributed by atoms with Gasteiger partial charge in [-0.3, -0.25) is 4.79 Å². The minimum Gasteiger partial charge on any atom is -0.288 e. The third kappa shape index (κ3) is 2.15. The number of ketones is 1. The van der Waals surface area contributed by atoms with Gasteiger partial charge in [-0.2, -0.15) is 0 Å². The van der Waals surface area contributed by atoms with Crippen LogP contribution in [0.1, 0.15) is 15.2 Å². The van der Waals surface area contributed by atoms with Crippen LogP contribution in [0.5, 0.6) is 0 Å². The molecule has 1 aromatic heterocycles. The van der Waals surface area contributed by atoms with Crippen LogP contribution in [0.2, 0.25) is 4.34 Å². The molecular formula is C15H8ClFOS. The van der Waals surface area contributed by atoms with Crippen molar-refractivity contribution in [3.8, 4) is 0 Å². The highest BCUT2D eigenvalue weighted by Gasteiger charge is 2.15. The molecule has 0 amide bonds. The summed E-state index contributed by atoms with van der Waals surface area (Å²) in [4.78, 5) is 13.0. The average molecular weight is 291 g/mol. The van der Waals surface area contributed by atoms with Crippen LogP contribution >= 0.6 is 22.9 Å². The fraction of sp³-hybridized carbons (Fsp3) is 0. The Morgan fingerprint density at radius 1 is 1.00 bits per heavy atom. The molecule has 0 N–H and O–H groups in total. The second-order valence-electron chi connectivity index (χ2n) is 4.07. The van der Waals surface area contributed by atoms with E-state index < -0.39 is 0 Å². The fourth-order valence-electron chi connectivity index (χ4n) is 2.03. The van der Waals surface area contributed by atoms with E-state index in [4.69, 9.17) is 11.6 Å². The van der Waals surface area contributed by atoms with Crippen LogP contribution in [0.3, 0.4) is 0 Å². The molecule has 1 nitrogen and oxygen atoms in total. The first-order valence-corrected chi connectivity index (χ1v) is 6.83. The molecule has 0 aliphatic carbocycles. The van der Waals surface area contributed by atoms with Crippen LogP contribution in [0.25, 0.3) is 10.8 Å². The van der Waals surface area contributed by atoms with E-state index in [1.807, 2.05) is 0 Å². The molecule has 0 aliphatic rings. The Labute approximate surface area is 118 Å². The van der Waals surface area contributed by atoms with Crippen molar-refractivity contribution in [2.75, 3.05) is 0 Å². The third-order valence-corrected chi connectivity index (χ3v) is 4.14. The predicted octanol–water partition coefficient (Wildman–Crippen LogP) is 4.92. The number of carbonyl (C=O) groups excluding carboxylic acids is 1. The van der Waals surface area contributed by atoms with Crippen molar-refractivity contribution in [2.45, 2.75) is 0 Å². The van der Waals surface area contributed by atoms with Gasteiger partial charge in [0, 0.05) is 10.9 Å². The molecule has 0 aliphatic heterocycles. The second-order valence-corrected chi connectivity index (χ2v) is 5.79. The summed E-state index contributed by atoms with van der Waals surface area (Å²) < 4.78 is 14.3. The van der Waals surface area contributed by atoms with Gasteiger partial charge in [0.15, 0.2) is 0 Å². The van der Waals surface area contributed by atoms with Crippen molar-refractivity contribution in [3.05, 3.63) is 69.1 Å². The Morgan fingerprint density at radius 3 is 2.42 bits per heavy atom. The summed E-state index contributed by atoms with van der Waals surface area (Å²) in [6, 6.07) is 13.2. The topological polar surface area (TPSA) is 17.1 Å². The largest absolute Gasteiger partial charge is 0.288 e. The van der Waals surface area contributed by atoms with Crippen LogP contribution in [-0.2, 0) is 0 Å². The first-order chi connectivity index (χ1) is 9.16. The zero-order valence-electron chi connectivity index (χ0n) is 9.69. The Balaban J connectivity index is 2.21. The molecule has 0 saturated heterocycles. The van der Waals surface area contributed by atoms with Crippen molar-refractivity contribution in [1.29, 1.82) is 0 Å². The van der Waals surface area contributed by atoms with Crippen molar-refractivity contribution in [1.82, 2.24) is 0 Å². The van der Waals surface area contributed by atoms with Gasteiger partial charge in [0.2, 0.25) is 5.78 Å². The number of hydrogen-bond acceptors (Lipinski definition) is 2. The molecule has 0 unspecified atom stereocenters. The summed E-state index contributed by atoms with van der Waals surface area (Å²) in [5, 5.41) is 1.08. The minimum atomic E-state index is -0.323. The maximum Gasteiger partial charge on any atom is 0.203 e. The maximum absolute atomic E-state index is 13.7. The molecule has 19 heavy (non-hydrogen) atoms. The second kappa shape index (κ2) is 4.76. The van der Waals surface area contributed by atoms with E-state index in [1.54, 1.807) is 36.4 Å². The van der Waals surface area contributed by atoms with Crippen LogP contribution in [0.4, 0.5) is 4.39 Å². The number of carbonyl (C=O) groups is 1. The average Bonchev–Trinajstić information content (AvgIpc) is 2.86. The van der Waals surface area contributed by atoms with Gasteiger partial charge in [-0.15, -0.1) is 11.3 Å². The monoisotopic (exact) mass is 290 g/mol. The molecule has 94 valence electrons. The maximum atomic E-state index is 13.7. The van der Waals surface area contributed by atoms with Gasteiger partial charge >= 0.3 is 0 Å². The lowest BCUT2D eigenvalue weighted by Crippen LogP contribution is -2.00. The Morgan fingerprint density at radius 2 is 1.74 bits per heavy atom. The molecule has 0 radical (unpaired) electrons. The zero-order chi connectivity index (χ0) is 13.4. The van der Waals surface area contributed by atoms with E-state index in [1.165, 1.54) is 23.5 Å². The zero-order valence-corrected chi connectivity index (χ0v) is 11.3. The lowest BCUT2D eigenvalue weighted by Gasteiger charge is -2.05. The van der Waals surface area contributed by atoms with Crippen LogP contribution in [0.15, 0.2) is 48.5 Å². The fourth-order valence-corrected chi connectivity index (χ4v) is 3.03. The SMILES string of the molecule is O=C(c1ccc(Cl)s1)c1ccc(F)c2ccccc12. The number of fused-ring (bicyclic) bond motifs is 1. The van der Waals surface area contributed by atoms with E-state index in [9.17, 15) is 9.18 Å². The highest BCUT2D eigenvalue weighted by molar-refractivity contribution is 7.18. The van der Waals surface area contributed by atoms with Gasteiger partial charge in [-0.1, -0.05) is 35.9 Å². The van der Waals surface area contributed by atoms with E-state index in [2.05, 4.69) is 0 Å². The smallest absolute Gasteiger partial charge is 0.203 e. The third-order valence-electron chi connectivity index (χ3n) is 2.91. The summed E-state index contributed by atoms with van der Waals surface area (Å²) in [6.07, 6.45) is 0. The summed E-state index contributed by atoms with van der Waals surface area (Å²) in [7, 11) is 0. The standard InChI is InChI=1S/C15H8ClFOS/c16-14-8-7-13(19-14)15(18)11-5-6-12(17)10-4-2-1-3-9(10)11/h1-8H. The summed E-state index contributed by atoms with van der Waals surface area (Å²) in [5.74, 6) is -0.454. The van der Waals surface area contributed by atoms with Gasteiger partial charge in [0.05, 0.1) is 9.21 Å². The molecular weight excluding hydrogens is 283 g/mol. The van der Waals surface area contributed by atoms with Crippen molar-refractivity contribution >= 4 is 39.5 Å². The molecule has 0 atom stereocenters. The van der Waals surface area contributed by atoms with Crippen LogP contribution in [0, 0.1) is 5.82 Å². The number of thiophene rings is 1.